The van der Waals surface area contributed by atoms with Crippen LogP contribution in [0.3, 0.4) is 0 Å². The summed E-state index contributed by atoms with van der Waals surface area (Å²) in [5, 5.41) is 0.907. The standard InChI is InChI=1S/C22H21FN2O4/c1-3-18-16(15-8-4-6-10-19(15)29-18)12-13-21(26)24-25-22(27)14(2)28-20-11-7-5-9-17(20)23/h4-14H,3H2,1-2H3,(H,24,26)(H,25,27)/b13-12+/t14-/m1/s1. The van der Waals surface area contributed by atoms with Gasteiger partial charge >= 0.3 is 0 Å². The van der Waals surface area contributed by atoms with Crippen LogP contribution in [0.4, 0.5) is 4.39 Å². The van der Waals surface area contributed by atoms with Crippen LogP contribution in [-0.4, -0.2) is 17.9 Å². The van der Waals surface area contributed by atoms with Gasteiger partial charge in [-0.3, -0.25) is 20.4 Å². The van der Waals surface area contributed by atoms with Crippen molar-refractivity contribution in [3.63, 3.8) is 0 Å². The van der Waals surface area contributed by atoms with Gasteiger partial charge in [-0.1, -0.05) is 37.3 Å². The number of para-hydroxylation sites is 2. The van der Waals surface area contributed by atoms with Gasteiger partial charge in [0.05, 0.1) is 0 Å². The lowest BCUT2D eigenvalue weighted by molar-refractivity contribution is -0.131. The number of carbonyl (C=O) groups excluding carboxylic acids is 2. The zero-order chi connectivity index (χ0) is 20.8. The molecule has 2 amide bonds. The lowest BCUT2D eigenvalue weighted by atomic mass is 10.1. The highest BCUT2D eigenvalue weighted by molar-refractivity contribution is 5.97. The Morgan fingerprint density at radius 2 is 1.86 bits per heavy atom. The molecule has 2 aromatic carbocycles. The van der Waals surface area contributed by atoms with E-state index in [0.717, 1.165) is 22.3 Å². The minimum Gasteiger partial charge on any atom is -0.478 e. The maximum absolute atomic E-state index is 13.6. The van der Waals surface area contributed by atoms with Gasteiger partial charge in [-0.2, -0.15) is 0 Å². The number of benzene rings is 2. The summed E-state index contributed by atoms with van der Waals surface area (Å²) in [6, 6.07) is 13.3. The molecule has 150 valence electrons. The summed E-state index contributed by atoms with van der Waals surface area (Å²) < 4.78 is 24.6. The van der Waals surface area contributed by atoms with Gasteiger partial charge in [-0.25, -0.2) is 4.39 Å². The molecule has 0 aliphatic heterocycles. The number of carbonyl (C=O) groups is 2. The molecule has 0 aliphatic rings. The molecule has 0 spiro atoms. The zero-order valence-electron chi connectivity index (χ0n) is 16.1. The molecule has 0 radical (unpaired) electrons. The van der Waals surface area contributed by atoms with Gasteiger partial charge < -0.3 is 9.15 Å². The molecule has 1 atom stereocenters. The number of hydrogen-bond donors (Lipinski definition) is 2. The Bertz CT molecular complexity index is 1060. The molecule has 0 saturated heterocycles. The first-order chi connectivity index (χ1) is 14.0. The topological polar surface area (TPSA) is 80.6 Å². The number of halogens is 1. The van der Waals surface area contributed by atoms with E-state index in [2.05, 4.69) is 10.9 Å². The van der Waals surface area contributed by atoms with E-state index in [4.69, 9.17) is 9.15 Å². The van der Waals surface area contributed by atoms with Gasteiger partial charge in [0.25, 0.3) is 11.8 Å². The van der Waals surface area contributed by atoms with Crippen LogP contribution in [0.2, 0.25) is 0 Å². The molecule has 2 N–H and O–H groups in total. The average Bonchev–Trinajstić information content (AvgIpc) is 3.09. The molecule has 29 heavy (non-hydrogen) atoms. The lowest BCUT2D eigenvalue weighted by Gasteiger charge is -2.15. The van der Waals surface area contributed by atoms with Crippen LogP contribution in [0.15, 0.2) is 59.0 Å². The monoisotopic (exact) mass is 396 g/mol. The number of rotatable bonds is 6. The Balaban J connectivity index is 1.58. The molecule has 7 heteroatoms. The van der Waals surface area contributed by atoms with Crippen LogP contribution in [0.25, 0.3) is 17.0 Å². The van der Waals surface area contributed by atoms with Gasteiger partial charge in [0, 0.05) is 23.4 Å². The smallest absolute Gasteiger partial charge is 0.279 e. The van der Waals surface area contributed by atoms with E-state index in [1.807, 2.05) is 31.2 Å². The van der Waals surface area contributed by atoms with E-state index in [-0.39, 0.29) is 5.75 Å². The maximum Gasteiger partial charge on any atom is 0.279 e. The summed E-state index contributed by atoms with van der Waals surface area (Å²) in [7, 11) is 0. The van der Waals surface area contributed by atoms with E-state index < -0.39 is 23.7 Å². The summed E-state index contributed by atoms with van der Waals surface area (Å²) >= 11 is 0. The molecule has 0 aliphatic carbocycles. The van der Waals surface area contributed by atoms with Gasteiger partial charge in [0.1, 0.15) is 11.3 Å². The van der Waals surface area contributed by atoms with Gasteiger partial charge in [0.15, 0.2) is 17.7 Å². The number of aryl methyl sites for hydroxylation is 1. The Labute approximate surface area is 167 Å². The van der Waals surface area contributed by atoms with Crippen LogP contribution in [0, 0.1) is 5.82 Å². The van der Waals surface area contributed by atoms with E-state index in [9.17, 15) is 14.0 Å². The van der Waals surface area contributed by atoms with Crippen LogP contribution in [-0.2, 0) is 16.0 Å². The Hall–Kier alpha value is -3.61. The third-order valence-electron chi connectivity index (χ3n) is 4.25. The van der Waals surface area contributed by atoms with Crippen LogP contribution >= 0.6 is 0 Å². The second kappa shape index (κ2) is 9.05. The molecule has 0 fully saturated rings. The van der Waals surface area contributed by atoms with Crippen molar-refractivity contribution >= 4 is 28.9 Å². The number of hydrazine groups is 1. The number of hydrogen-bond acceptors (Lipinski definition) is 4. The summed E-state index contributed by atoms with van der Waals surface area (Å²) in [5.74, 6) is -0.980. The summed E-state index contributed by atoms with van der Waals surface area (Å²) in [6.45, 7) is 3.42. The number of fused-ring (bicyclic) bond motifs is 1. The summed E-state index contributed by atoms with van der Waals surface area (Å²) in [5.41, 5.74) is 6.11. The summed E-state index contributed by atoms with van der Waals surface area (Å²) in [6.07, 6.45) is 2.63. The first-order valence-electron chi connectivity index (χ1n) is 9.19. The first kappa shape index (κ1) is 20.1. The third-order valence-corrected chi connectivity index (χ3v) is 4.25. The van der Waals surface area contributed by atoms with E-state index in [1.165, 1.54) is 31.2 Å². The Kier molecular flexibility index (Phi) is 6.29. The fraction of sp³-hybridized carbons (Fsp3) is 0.182. The fourth-order valence-corrected chi connectivity index (χ4v) is 2.77. The second-order valence-electron chi connectivity index (χ2n) is 6.29. The van der Waals surface area contributed by atoms with Crippen molar-refractivity contribution in [2.45, 2.75) is 26.4 Å². The van der Waals surface area contributed by atoms with Crippen molar-refractivity contribution in [3.8, 4) is 5.75 Å². The molecule has 0 bridgehead atoms. The van der Waals surface area contributed by atoms with Crippen LogP contribution < -0.4 is 15.6 Å². The Morgan fingerprint density at radius 3 is 2.62 bits per heavy atom. The highest BCUT2D eigenvalue weighted by atomic mass is 19.1. The van der Waals surface area contributed by atoms with Crippen molar-refractivity contribution < 1.29 is 23.1 Å². The second-order valence-corrected chi connectivity index (χ2v) is 6.29. The minimum atomic E-state index is -0.999. The number of amides is 2. The zero-order valence-corrected chi connectivity index (χ0v) is 16.1. The van der Waals surface area contributed by atoms with Crippen molar-refractivity contribution in [1.29, 1.82) is 0 Å². The average molecular weight is 396 g/mol. The highest BCUT2D eigenvalue weighted by Crippen LogP contribution is 2.27. The van der Waals surface area contributed by atoms with Gasteiger partial charge in [0.2, 0.25) is 0 Å². The highest BCUT2D eigenvalue weighted by Gasteiger charge is 2.17. The molecule has 3 rings (SSSR count). The predicted molar refractivity (Wildman–Crippen MR) is 107 cm³/mol. The van der Waals surface area contributed by atoms with Crippen LogP contribution in [0.5, 0.6) is 5.75 Å². The van der Waals surface area contributed by atoms with E-state index >= 15 is 0 Å². The number of nitrogens with one attached hydrogen (secondary N) is 2. The van der Waals surface area contributed by atoms with E-state index in [0.29, 0.717) is 6.42 Å². The molecule has 3 aromatic rings. The van der Waals surface area contributed by atoms with Gasteiger partial charge in [-0.05, 0) is 31.2 Å². The van der Waals surface area contributed by atoms with Crippen LogP contribution in [0.1, 0.15) is 25.2 Å². The molecule has 0 unspecified atom stereocenters. The Morgan fingerprint density at radius 1 is 1.14 bits per heavy atom. The third kappa shape index (κ3) is 4.82. The normalized spacial score (nSPS) is 12.1. The molecule has 1 heterocycles. The van der Waals surface area contributed by atoms with Crippen molar-refractivity contribution in [3.05, 3.63) is 71.7 Å². The number of ether oxygens (including phenoxy) is 1. The first-order valence-corrected chi connectivity index (χ1v) is 9.19. The van der Waals surface area contributed by atoms with Crippen molar-refractivity contribution in [2.24, 2.45) is 0 Å². The molecule has 0 saturated carbocycles. The minimum absolute atomic E-state index is 0.0414. The largest absolute Gasteiger partial charge is 0.478 e. The van der Waals surface area contributed by atoms with Crippen molar-refractivity contribution in [2.75, 3.05) is 0 Å². The lowest BCUT2D eigenvalue weighted by Crippen LogP contribution is -2.46. The molecular weight excluding hydrogens is 375 g/mol. The molecule has 1 aromatic heterocycles. The maximum atomic E-state index is 13.6. The SMILES string of the molecule is CCc1oc2ccccc2c1/C=C/C(=O)NNC(=O)[C@@H](C)Oc1ccccc1F. The quantitative estimate of drug-likeness (QED) is 0.491. The van der Waals surface area contributed by atoms with E-state index in [1.54, 1.807) is 12.1 Å². The molecular formula is C22H21FN2O4. The predicted octanol–water partition coefficient (Wildman–Crippen LogP) is 3.76. The van der Waals surface area contributed by atoms with Crippen molar-refractivity contribution in [1.82, 2.24) is 10.9 Å². The summed E-state index contributed by atoms with van der Waals surface area (Å²) in [4.78, 5) is 24.1. The van der Waals surface area contributed by atoms with Gasteiger partial charge in [-0.15, -0.1) is 0 Å². The fourth-order valence-electron chi connectivity index (χ4n) is 2.77. The molecule has 6 nitrogen and oxygen atoms in total. The number of furan rings is 1.